The number of aromatic nitrogens is 1. The predicted octanol–water partition coefficient (Wildman–Crippen LogP) is 0.530. The van der Waals surface area contributed by atoms with Gasteiger partial charge in [0.2, 0.25) is 0 Å². The number of hydrogen-bond donors (Lipinski definition) is 2. The Morgan fingerprint density at radius 3 is 2.86 bits per heavy atom. The van der Waals surface area contributed by atoms with Gasteiger partial charge in [0.1, 0.15) is 5.82 Å². The van der Waals surface area contributed by atoms with E-state index in [-0.39, 0.29) is 12.6 Å². The molecule has 1 rings (SSSR count). The van der Waals surface area contributed by atoms with Crippen LogP contribution in [0.25, 0.3) is 0 Å². The van der Waals surface area contributed by atoms with Crippen molar-refractivity contribution in [2.75, 3.05) is 25.6 Å². The molecule has 0 aliphatic carbocycles. The third-order valence-corrected chi connectivity index (χ3v) is 2.08. The molecule has 0 amide bonds. The van der Waals surface area contributed by atoms with Crippen LogP contribution < -0.4 is 10.6 Å². The first-order chi connectivity index (χ1) is 6.66. The molecule has 1 aromatic rings. The van der Waals surface area contributed by atoms with E-state index in [1.807, 2.05) is 31.1 Å². The van der Waals surface area contributed by atoms with Gasteiger partial charge in [-0.3, -0.25) is 0 Å². The molecule has 0 aliphatic rings. The van der Waals surface area contributed by atoms with Gasteiger partial charge in [0.25, 0.3) is 0 Å². The van der Waals surface area contributed by atoms with Crippen LogP contribution >= 0.6 is 0 Å². The van der Waals surface area contributed by atoms with Crippen molar-refractivity contribution >= 4 is 5.82 Å². The number of rotatable bonds is 4. The molecular formula is C10H17N3O. The Labute approximate surface area is 84.4 Å². The highest BCUT2D eigenvalue weighted by Gasteiger charge is 2.12. The second kappa shape index (κ2) is 4.93. The van der Waals surface area contributed by atoms with Gasteiger partial charge in [0.15, 0.2) is 0 Å². The Kier molecular flexibility index (Phi) is 3.85. The van der Waals surface area contributed by atoms with Crippen LogP contribution in [0.15, 0.2) is 18.3 Å². The maximum absolute atomic E-state index is 8.81. The Morgan fingerprint density at radius 1 is 1.57 bits per heavy atom. The van der Waals surface area contributed by atoms with E-state index >= 15 is 0 Å². The summed E-state index contributed by atoms with van der Waals surface area (Å²) in [7, 11) is 3.86. The average molecular weight is 195 g/mol. The van der Waals surface area contributed by atoms with E-state index in [0.717, 1.165) is 11.4 Å². The summed E-state index contributed by atoms with van der Waals surface area (Å²) in [6.45, 7) is 0.100. The molecular weight excluding hydrogens is 178 g/mol. The summed E-state index contributed by atoms with van der Waals surface area (Å²) in [5.74, 6) is 0.869. The lowest BCUT2D eigenvalue weighted by Crippen LogP contribution is -2.19. The predicted molar refractivity (Wildman–Crippen MR) is 57.2 cm³/mol. The summed E-state index contributed by atoms with van der Waals surface area (Å²) in [5.41, 5.74) is 6.90. The van der Waals surface area contributed by atoms with Crippen molar-refractivity contribution in [2.45, 2.75) is 12.5 Å². The van der Waals surface area contributed by atoms with E-state index in [1.165, 1.54) is 0 Å². The fourth-order valence-electron chi connectivity index (χ4n) is 1.37. The number of aliphatic hydroxyl groups excluding tert-OH is 1. The molecule has 1 unspecified atom stereocenters. The van der Waals surface area contributed by atoms with Gasteiger partial charge in [-0.15, -0.1) is 0 Å². The Balaban J connectivity index is 2.94. The third-order valence-electron chi connectivity index (χ3n) is 2.08. The van der Waals surface area contributed by atoms with Crippen LogP contribution in [0.3, 0.4) is 0 Å². The number of anilines is 1. The Hall–Kier alpha value is -1.13. The highest BCUT2D eigenvalue weighted by molar-refractivity contribution is 5.46. The minimum atomic E-state index is -0.147. The fraction of sp³-hybridized carbons (Fsp3) is 0.500. The molecule has 0 radical (unpaired) electrons. The molecule has 0 fully saturated rings. The van der Waals surface area contributed by atoms with Gasteiger partial charge < -0.3 is 15.7 Å². The fourth-order valence-corrected chi connectivity index (χ4v) is 1.37. The maximum Gasteiger partial charge on any atom is 0.132 e. The molecule has 4 heteroatoms. The van der Waals surface area contributed by atoms with Crippen LogP contribution in [0.4, 0.5) is 5.82 Å². The quantitative estimate of drug-likeness (QED) is 0.735. The highest BCUT2D eigenvalue weighted by atomic mass is 16.3. The second-order valence-corrected chi connectivity index (χ2v) is 3.43. The van der Waals surface area contributed by atoms with E-state index < -0.39 is 0 Å². The lowest BCUT2D eigenvalue weighted by atomic mass is 10.1. The molecule has 0 saturated carbocycles. The first-order valence-corrected chi connectivity index (χ1v) is 4.65. The molecule has 0 aromatic carbocycles. The largest absolute Gasteiger partial charge is 0.396 e. The van der Waals surface area contributed by atoms with Crippen LogP contribution in [0.1, 0.15) is 18.0 Å². The minimum Gasteiger partial charge on any atom is -0.396 e. The number of nitrogens with zero attached hydrogens (tertiary/aromatic N) is 2. The summed E-state index contributed by atoms with van der Waals surface area (Å²) in [6.07, 6.45) is 2.30. The molecule has 3 N–H and O–H groups in total. The summed E-state index contributed by atoms with van der Waals surface area (Å²) in [6, 6.07) is 3.66. The first kappa shape index (κ1) is 10.9. The average Bonchev–Trinajstić information content (AvgIpc) is 2.18. The number of aliphatic hydroxyl groups is 1. The van der Waals surface area contributed by atoms with Crippen molar-refractivity contribution in [1.29, 1.82) is 0 Å². The van der Waals surface area contributed by atoms with E-state index in [2.05, 4.69) is 4.98 Å². The highest BCUT2D eigenvalue weighted by Crippen LogP contribution is 2.22. The topological polar surface area (TPSA) is 62.4 Å². The zero-order chi connectivity index (χ0) is 10.6. The van der Waals surface area contributed by atoms with Gasteiger partial charge in [-0.05, 0) is 12.5 Å². The van der Waals surface area contributed by atoms with Crippen molar-refractivity contribution in [3.8, 4) is 0 Å². The zero-order valence-corrected chi connectivity index (χ0v) is 8.64. The number of pyridine rings is 1. The van der Waals surface area contributed by atoms with Gasteiger partial charge in [0, 0.05) is 38.5 Å². The first-order valence-electron chi connectivity index (χ1n) is 4.65. The Bertz CT molecular complexity index is 288. The standard InChI is InChI=1S/C10H17N3O/c1-13(2)10-8(4-3-6-12-10)9(11)5-7-14/h3-4,6,9,14H,5,7,11H2,1-2H3. The second-order valence-electron chi connectivity index (χ2n) is 3.43. The van der Waals surface area contributed by atoms with Gasteiger partial charge >= 0.3 is 0 Å². The van der Waals surface area contributed by atoms with Crippen LogP contribution in [0.5, 0.6) is 0 Å². The minimum absolute atomic E-state index is 0.100. The van der Waals surface area contributed by atoms with Gasteiger partial charge in [-0.25, -0.2) is 4.98 Å². The SMILES string of the molecule is CN(C)c1ncccc1C(N)CCO. The molecule has 14 heavy (non-hydrogen) atoms. The molecule has 0 spiro atoms. The molecule has 1 atom stereocenters. The Morgan fingerprint density at radius 2 is 2.29 bits per heavy atom. The summed E-state index contributed by atoms with van der Waals surface area (Å²) >= 11 is 0. The van der Waals surface area contributed by atoms with E-state index in [0.29, 0.717) is 6.42 Å². The van der Waals surface area contributed by atoms with Crippen molar-refractivity contribution < 1.29 is 5.11 Å². The molecule has 0 aliphatic heterocycles. The molecule has 0 bridgehead atoms. The van der Waals surface area contributed by atoms with Crippen LogP contribution in [0, 0.1) is 0 Å². The zero-order valence-electron chi connectivity index (χ0n) is 8.64. The van der Waals surface area contributed by atoms with Crippen LogP contribution in [-0.2, 0) is 0 Å². The summed E-state index contributed by atoms with van der Waals surface area (Å²) in [5, 5.41) is 8.81. The van der Waals surface area contributed by atoms with Crippen molar-refractivity contribution in [3.63, 3.8) is 0 Å². The van der Waals surface area contributed by atoms with Gasteiger partial charge in [-0.2, -0.15) is 0 Å². The lowest BCUT2D eigenvalue weighted by Gasteiger charge is -2.19. The monoisotopic (exact) mass is 195 g/mol. The molecule has 4 nitrogen and oxygen atoms in total. The number of nitrogens with two attached hydrogens (primary N) is 1. The van der Waals surface area contributed by atoms with Crippen LogP contribution in [-0.4, -0.2) is 30.8 Å². The smallest absolute Gasteiger partial charge is 0.132 e. The molecule has 1 heterocycles. The lowest BCUT2D eigenvalue weighted by molar-refractivity contribution is 0.276. The van der Waals surface area contributed by atoms with E-state index in [4.69, 9.17) is 10.8 Å². The molecule has 0 saturated heterocycles. The molecule has 78 valence electrons. The van der Waals surface area contributed by atoms with Crippen LogP contribution in [0.2, 0.25) is 0 Å². The van der Waals surface area contributed by atoms with Gasteiger partial charge in [-0.1, -0.05) is 6.07 Å². The van der Waals surface area contributed by atoms with Gasteiger partial charge in [0.05, 0.1) is 0 Å². The normalized spacial score (nSPS) is 12.6. The summed E-state index contributed by atoms with van der Waals surface area (Å²) < 4.78 is 0. The van der Waals surface area contributed by atoms with E-state index in [9.17, 15) is 0 Å². The van der Waals surface area contributed by atoms with Crippen molar-refractivity contribution in [2.24, 2.45) is 5.73 Å². The maximum atomic E-state index is 8.81. The number of hydrogen-bond acceptors (Lipinski definition) is 4. The third kappa shape index (κ3) is 2.43. The van der Waals surface area contributed by atoms with E-state index in [1.54, 1.807) is 6.20 Å². The summed E-state index contributed by atoms with van der Waals surface area (Å²) in [4.78, 5) is 6.17. The van der Waals surface area contributed by atoms with Crippen molar-refractivity contribution in [1.82, 2.24) is 4.98 Å². The van der Waals surface area contributed by atoms with Crippen molar-refractivity contribution in [3.05, 3.63) is 23.9 Å². The molecule has 1 aromatic heterocycles.